The van der Waals surface area contributed by atoms with Crippen molar-refractivity contribution >= 4 is 29.0 Å². The summed E-state index contributed by atoms with van der Waals surface area (Å²) in [6.45, 7) is 0.525. The molecule has 0 atom stereocenters. The Morgan fingerprint density at radius 3 is 2.22 bits per heavy atom. The van der Waals surface area contributed by atoms with Gasteiger partial charge in [-0.25, -0.2) is 0 Å². The molecule has 0 radical (unpaired) electrons. The van der Waals surface area contributed by atoms with E-state index in [-0.39, 0.29) is 11.1 Å². The highest BCUT2D eigenvalue weighted by Crippen LogP contribution is 2.40. The highest BCUT2D eigenvalue weighted by Gasteiger charge is 2.36. The average Bonchev–Trinajstić information content (AvgIpc) is 2.95. The lowest BCUT2D eigenvalue weighted by Gasteiger charge is -2.25. The van der Waals surface area contributed by atoms with Crippen molar-refractivity contribution in [3.63, 3.8) is 0 Å². The van der Waals surface area contributed by atoms with E-state index in [1.807, 2.05) is 0 Å². The third-order valence-electron chi connectivity index (χ3n) is 5.02. The smallest absolute Gasteiger partial charge is 0.293 e. The van der Waals surface area contributed by atoms with E-state index in [2.05, 4.69) is 0 Å². The monoisotopic (exact) mass is 391 g/mol. The van der Waals surface area contributed by atoms with E-state index < -0.39 is 0 Å². The Bertz CT molecular complexity index is 730. The number of imide groups is 1. The quantitative estimate of drug-likeness (QED) is 0.673. The van der Waals surface area contributed by atoms with Gasteiger partial charge in [0, 0.05) is 6.54 Å². The SMILES string of the molecule is COc1cc(/C=C2/SC(=O)N(CC3CCCCC3)C2=O)cc(OC)c1OC. The Kier molecular flexibility index (Phi) is 6.31. The van der Waals surface area contributed by atoms with Gasteiger partial charge in [0.1, 0.15) is 0 Å². The molecule has 2 amide bonds. The zero-order chi connectivity index (χ0) is 19.4. The van der Waals surface area contributed by atoms with Gasteiger partial charge < -0.3 is 14.2 Å². The molecule has 1 aromatic rings. The van der Waals surface area contributed by atoms with Crippen LogP contribution in [-0.2, 0) is 4.79 Å². The van der Waals surface area contributed by atoms with Gasteiger partial charge in [-0.2, -0.15) is 0 Å². The summed E-state index contributed by atoms with van der Waals surface area (Å²) in [6, 6.07) is 3.52. The molecule has 0 bridgehead atoms. The molecule has 0 spiro atoms. The first-order chi connectivity index (χ1) is 13.1. The lowest BCUT2D eigenvalue weighted by Crippen LogP contribution is -2.34. The number of methoxy groups -OCH3 is 3. The largest absolute Gasteiger partial charge is 0.493 e. The fraction of sp³-hybridized carbons (Fsp3) is 0.500. The molecule has 1 aliphatic carbocycles. The predicted molar refractivity (Wildman–Crippen MR) is 105 cm³/mol. The van der Waals surface area contributed by atoms with Crippen molar-refractivity contribution in [3.05, 3.63) is 22.6 Å². The normalized spacial score (nSPS) is 19.7. The minimum absolute atomic E-state index is 0.190. The van der Waals surface area contributed by atoms with E-state index in [1.54, 1.807) is 32.4 Å². The van der Waals surface area contributed by atoms with Crippen molar-refractivity contribution in [3.8, 4) is 17.2 Å². The second-order valence-corrected chi connectivity index (χ2v) is 7.75. The van der Waals surface area contributed by atoms with Crippen molar-refractivity contribution in [2.75, 3.05) is 27.9 Å². The summed E-state index contributed by atoms with van der Waals surface area (Å²) < 4.78 is 16.0. The highest BCUT2D eigenvalue weighted by molar-refractivity contribution is 8.18. The van der Waals surface area contributed by atoms with Crippen LogP contribution < -0.4 is 14.2 Å². The summed E-state index contributed by atoms with van der Waals surface area (Å²) in [6.07, 6.45) is 7.50. The van der Waals surface area contributed by atoms with Gasteiger partial charge in [0.2, 0.25) is 5.75 Å². The van der Waals surface area contributed by atoms with Gasteiger partial charge in [0.15, 0.2) is 11.5 Å². The number of nitrogens with zero attached hydrogens (tertiary/aromatic N) is 1. The van der Waals surface area contributed by atoms with Crippen LogP contribution in [0.25, 0.3) is 6.08 Å². The second kappa shape index (κ2) is 8.69. The lowest BCUT2D eigenvalue weighted by molar-refractivity contribution is -0.123. The van der Waals surface area contributed by atoms with Gasteiger partial charge in [-0.05, 0) is 54.3 Å². The molecule has 1 aliphatic heterocycles. The van der Waals surface area contributed by atoms with Crippen molar-refractivity contribution < 1.29 is 23.8 Å². The summed E-state index contributed by atoms with van der Waals surface area (Å²) in [5.41, 5.74) is 0.715. The van der Waals surface area contributed by atoms with E-state index in [4.69, 9.17) is 14.2 Å². The van der Waals surface area contributed by atoms with Crippen LogP contribution in [0.5, 0.6) is 17.2 Å². The molecule has 1 saturated carbocycles. The first kappa shape index (κ1) is 19.6. The number of hydrogen-bond donors (Lipinski definition) is 0. The number of benzene rings is 1. The van der Waals surface area contributed by atoms with Crippen molar-refractivity contribution in [2.45, 2.75) is 32.1 Å². The van der Waals surface area contributed by atoms with Gasteiger partial charge in [-0.15, -0.1) is 0 Å². The van der Waals surface area contributed by atoms with Crippen LogP contribution in [0.15, 0.2) is 17.0 Å². The van der Waals surface area contributed by atoms with Crippen LogP contribution in [0, 0.1) is 5.92 Å². The van der Waals surface area contributed by atoms with Crippen LogP contribution >= 0.6 is 11.8 Å². The Hall–Kier alpha value is -2.15. The summed E-state index contributed by atoms with van der Waals surface area (Å²) in [4.78, 5) is 26.9. The van der Waals surface area contributed by atoms with Gasteiger partial charge in [-0.3, -0.25) is 14.5 Å². The highest BCUT2D eigenvalue weighted by atomic mass is 32.2. The maximum absolute atomic E-state index is 12.8. The molecule has 7 heteroatoms. The Labute approximate surface area is 163 Å². The topological polar surface area (TPSA) is 65.1 Å². The Morgan fingerprint density at radius 2 is 1.67 bits per heavy atom. The minimum Gasteiger partial charge on any atom is -0.493 e. The second-order valence-electron chi connectivity index (χ2n) is 6.76. The van der Waals surface area contributed by atoms with E-state index in [0.29, 0.717) is 40.2 Å². The van der Waals surface area contributed by atoms with E-state index >= 15 is 0 Å². The van der Waals surface area contributed by atoms with Gasteiger partial charge in [-0.1, -0.05) is 19.3 Å². The van der Waals surface area contributed by atoms with Gasteiger partial charge >= 0.3 is 0 Å². The molecule has 6 nitrogen and oxygen atoms in total. The maximum atomic E-state index is 12.8. The first-order valence-corrected chi connectivity index (χ1v) is 9.94. The molecular weight excluding hydrogens is 366 g/mol. The fourth-order valence-corrected chi connectivity index (χ4v) is 4.47. The molecular formula is C20H25NO5S. The average molecular weight is 391 g/mol. The maximum Gasteiger partial charge on any atom is 0.293 e. The Balaban J connectivity index is 1.82. The van der Waals surface area contributed by atoms with Crippen molar-refractivity contribution in [1.29, 1.82) is 0 Å². The molecule has 0 unspecified atom stereocenters. The number of carbonyl (C=O) groups is 2. The molecule has 146 valence electrons. The number of carbonyl (C=O) groups excluding carboxylic acids is 2. The Morgan fingerprint density at radius 1 is 1.04 bits per heavy atom. The molecule has 1 saturated heterocycles. The molecule has 27 heavy (non-hydrogen) atoms. The summed E-state index contributed by atoms with van der Waals surface area (Å²) in [5, 5.41) is -0.190. The number of thioether (sulfide) groups is 1. The third-order valence-corrected chi connectivity index (χ3v) is 5.93. The standard InChI is InChI=1S/C20H25NO5S/c1-24-15-9-14(10-16(25-2)18(15)26-3)11-17-19(22)21(20(23)27-17)12-13-7-5-4-6-8-13/h9-11,13H,4-8,12H2,1-3H3/b17-11+. The van der Waals surface area contributed by atoms with Crippen LogP contribution in [0.4, 0.5) is 4.79 Å². The molecule has 2 aliphatic rings. The van der Waals surface area contributed by atoms with Crippen LogP contribution in [0.3, 0.4) is 0 Å². The predicted octanol–water partition coefficient (Wildman–Crippen LogP) is 4.33. The summed E-state index contributed by atoms with van der Waals surface area (Å²) >= 11 is 0.988. The number of hydrogen-bond acceptors (Lipinski definition) is 6. The molecule has 2 fully saturated rings. The zero-order valence-corrected chi connectivity index (χ0v) is 16.8. The zero-order valence-electron chi connectivity index (χ0n) is 15.9. The molecule has 0 N–H and O–H groups in total. The number of amides is 2. The number of ether oxygens (including phenoxy) is 3. The van der Waals surface area contributed by atoms with Crippen LogP contribution in [0.1, 0.15) is 37.7 Å². The third kappa shape index (κ3) is 4.24. The van der Waals surface area contributed by atoms with Gasteiger partial charge in [0.25, 0.3) is 11.1 Å². The summed E-state index contributed by atoms with van der Waals surface area (Å²) in [7, 11) is 4.62. The van der Waals surface area contributed by atoms with Crippen LogP contribution in [-0.4, -0.2) is 43.9 Å². The molecule has 3 rings (SSSR count). The van der Waals surface area contributed by atoms with E-state index in [9.17, 15) is 9.59 Å². The minimum atomic E-state index is -0.218. The first-order valence-electron chi connectivity index (χ1n) is 9.12. The van der Waals surface area contributed by atoms with Crippen molar-refractivity contribution in [2.24, 2.45) is 5.92 Å². The van der Waals surface area contributed by atoms with E-state index in [0.717, 1.165) is 24.6 Å². The fourth-order valence-electron chi connectivity index (χ4n) is 3.62. The molecule has 1 heterocycles. The molecule has 0 aromatic heterocycles. The van der Waals surface area contributed by atoms with E-state index in [1.165, 1.54) is 31.3 Å². The van der Waals surface area contributed by atoms with Gasteiger partial charge in [0.05, 0.1) is 26.2 Å². The number of rotatable bonds is 6. The van der Waals surface area contributed by atoms with Crippen LogP contribution in [0.2, 0.25) is 0 Å². The van der Waals surface area contributed by atoms with Crippen molar-refractivity contribution in [1.82, 2.24) is 4.90 Å². The molecule has 1 aromatic carbocycles. The lowest BCUT2D eigenvalue weighted by atomic mass is 9.89. The summed E-state index contributed by atoms with van der Waals surface area (Å²) in [5.74, 6) is 1.70.